The second-order valence-electron chi connectivity index (χ2n) is 7.24. The first-order chi connectivity index (χ1) is 13.5. The average molecular weight is 402 g/mol. The summed E-state index contributed by atoms with van der Waals surface area (Å²) in [4.78, 5) is 26.1. The van der Waals surface area contributed by atoms with E-state index in [9.17, 15) is 4.79 Å². The van der Waals surface area contributed by atoms with Gasteiger partial charge in [-0.05, 0) is 45.0 Å². The lowest BCUT2D eigenvalue weighted by Gasteiger charge is -2.19. The van der Waals surface area contributed by atoms with E-state index in [1.54, 1.807) is 0 Å². The van der Waals surface area contributed by atoms with E-state index in [1.165, 1.54) is 11.3 Å². The number of nitrogens with one attached hydrogen (secondary N) is 1. The van der Waals surface area contributed by atoms with Crippen molar-refractivity contribution in [3.8, 4) is 0 Å². The molecule has 0 amide bonds. The molecule has 0 aliphatic rings. The van der Waals surface area contributed by atoms with Gasteiger partial charge in [0.25, 0.3) is 5.56 Å². The number of pyridine rings is 1. The molecule has 0 saturated carbocycles. The Hall–Kier alpha value is -1.99. The molecule has 3 aromatic heterocycles. The highest BCUT2D eigenvalue weighted by Gasteiger charge is 2.18. The fourth-order valence-electron chi connectivity index (χ4n) is 3.58. The molecule has 0 atom stereocenters. The molecule has 1 N–H and O–H groups in total. The van der Waals surface area contributed by atoms with Gasteiger partial charge in [0, 0.05) is 30.7 Å². The first kappa shape index (κ1) is 20.7. The predicted molar refractivity (Wildman–Crippen MR) is 120 cm³/mol. The number of fused-ring (bicyclic) bond motifs is 3. The molecule has 152 valence electrons. The summed E-state index contributed by atoms with van der Waals surface area (Å²) in [6.07, 6.45) is 1.99. The molecule has 0 fully saturated rings. The van der Waals surface area contributed by atoms with E-state index in [0.29, 0.717) is 17.2 Å². The average Bonchev–Trinajstić information content (AvgIpc) is 3.03. The van der Waals surface area contributed by atoms with E-state index in [0.717, 1.165) is 66.0 Å². The van der Waals surface area contributed by atoms with Crippen molar-refractivity contribution in [2.45, 2.75) is 54.0 Å². The highest BCUT2D eigenvalue weighted by Crippen LogP contribution is 2.32. The summed E-state index contributed by atoms with van der Waals surface area (Å²) < 4.78 is 2.52. The van der Waals surface area contributed by atoms with Gasteiger partial charge >= 0.3 is 0 Å². The van der Waals surface area contributed by atoms with Crippen molar-refractivity contribution >= 4 is 37.7 Å². The lowest BCUT2D eigenvalue weighted by Crippen LogP contribution is -2.31. The molecule has 7 heteroatoms. The maximum Gasteiger partial charge on any atom is 0.272 e. The van der Waals surface area contributed by atoms with Gasteiger partial charge in [0.15, 0.2) is 0 Å². The Morgan fingerprint density at radius 2 is 1.93 bits per heavy atom. The molecule has 0 aliphatic carbocycles. The summed E-state index contributed by atoms with van der Waals surface area (Å²) in [6.45, 7) is 15.0. The fourth-order valence-corrected chi connectivity index (χ4v) is 4.77. The van der Waals surface area contributed by atoms with Crippen LogP contribution in [0.4, 0.5) is 5.95 Å². The van der Waals surface area contributed by atoms with Crippen molar-refractivity contribution in [3.63, 3.8) is 0 Å². The van der Waals surface area contributed by atoms with Crippen molar-refractivity contribution in [3.05, 3.63) is 27.7 Å². The molecule has 0 spiro atoms. The normalized spacial score (nSPS) is 11.8. The van der Waals surface area contributed by atoms with Gasteiger partial charge in [-0.3, -0.25) is 9.36 Å². The van der Waals surface area contributed by atoms with Gasteiger partial charge in [0.1, 0.15) is 15.0 Å². The molecule has 0 aromatic carbocycles. The van der Waals surface area contributed by atoms with Crippen LogP contribution in [0.1, 0.15) is 44.9 Å². The maximum absolute atomic E-state index is 13.3. The Morgan fingerprint density at radius 3 is 2.61 bits per heavy atom. The highest BCUT2D eigenvalue weighted by atomic mass is 32.1. The topological polar surface area (TPSA) is 63.1 Å². The number of aryl methyl sites for hydroxylation is 2. The van der Waals surface area contributed by atoms with Gasteiger partial charge in [-0.15, -0.1) is 11.3 Å². The number of anilines is 1. The first-order valence-corrected chi connectivity index (χ1v) is 11.1. The molecular formula is C21H31N5OS. The molecule has 0 bridgehead atoms. The van der Waals surface area contributed by atoms with E-state index >= 15 is 0 Å². The van der Waals surface area contributed by atoms with Crippen molar-refractivity contribution in [1.29, 1.82) is 0 Å². The van der Waals surface area contributed by atoms with E-state index in [2.05, 4.69) is 49.0 Å². The van der Waals surface area contributed by atoms with Gasteiger partial charge in [0.05, 0.1) is 0 Å². The molecule has 28 heavy (non-hydrogen) atoms. The molecule has 3 aromatic rings. The number of nitrogens with zero attached hydrogens (tertiary/aromatic N) is 4. The van der Waals surface area contributed by atoms with Crippen LogP contribution in [0.5, 0.6) is 0 Å². The molecule has 3 heterocycles. The number of thiophene rings is 1. The van der Waals surface area contributed by atoms with Gasteiger partial charge in [-0.25, -0.2) is 9.97 Å². The van der Waals surface area contributed by atoms with Crippen LogP contribution in [0.2, 0.25) is 0 Å². The third-order valence-electron chi connectivity index (χ3n) is 5.22. The minimum Gasteiger partial charge on any atom is -0.354 e. The molecule has 3 rings (SSSR count). The van der Waals surface area contributed by atoms with E-state index < -0.39 is 0 Å². The predicted octanol–water partition coefficient (Wildman–Crippen LogP) is 4.18. The van der Waals surface area contributed by atoms with Crippen molar-refractivity contribution in [1.82, 2.24) is 19.4 Å². The number of aromatic nitrogens is 3. The van der Waals surface area contributed by atoms with E-state index in [1.807, 2.05) is 11.5 Å². The minimum atomic E-state index is 0.0452. The monoisotopic (exact) mass is 401 g/mol. The third-order valence-corrected chi connectivity index (χ3v) is 6.28. The molecule has 6 nitrogen and oxygen atoms in total. The third kappa shape index (κ3) is 4.05. The number of hydrogen-bond donors (Lipinski definition) is 1. The summed E-state index contributed by atoms with van der Waals surface area (Å²) in [7, 11) is 0. The Labute approximate surface area is 170 Å². The van der Waals surface area contributed by atoms with Crippen LogP contribution in [0, 0.1) is 13.8 Å². The standard InChI is InChI=1S/C21H31N5OS/c1-6-9-11-26-20(27)18-17(16-14(4)13-15(5)23-19(16)28-18)24-21(26)22-10-12-25(7-2)8-3/h13H,6-12H2,1-5H3,(H,22,24). The van der Waals surface area contributed by atoms with Crippen LogP contribution in [0.15, 0.2) is 10.9 Å². The van der Waals surface area contributed by atoms with Crippen LogP contribution in [0.25, 0.3) is 20.4 Å². The summed E-state index contributed by atoms with van der Waals surface area (Å²) >= 11 is 1.47. The molecule has 0 saturated heterocycles. The Bertz CT molecular complexity index is 1020. The van der Waals surface area contributed by atoms with Gasteiger partial charge in [-0.2, -0.15) is 0 Å². The SMILES string of the molecule is CCCCn1c(NCCN(CC)CC)nc2c(sc3nc(C)cc(C)c32)c1=O. The summed E-state index contributed by atoms with van der Waals surface area (Å²) in [6, 6.07) is 2.06. The fraction of sp³-hybridized carbons (Fsp3) is 0.571. The van der Waals surface area contributed by atoms with Crippen molar-refractivity contribution in [2.24, 2.45) is 0 Å². The Kier molecular flexibility index (Phi) is 6.67. The number of unbranched alkanes of at least 4 members (excludes halogenated alkanes) is 1. The van der Waals surface area contributed by atoms with Crippen LogP contribution in [-0.4, -0.2) is 45.6 Å². The second-order valence-corrected chi connectivity index (χ2v) is 8.24. The second kappa shape index (κ2) is 9.01. The minimum absolute atomic E-state index is 0.0452. The first-order valence-electron chi connectivity index (χ1n) is 10.3. The van der Waals surface area contributed by atoms with Gasteiger partial charge in [0.2, 0.25) is 5.95 Å². The number of rotatable bonds is 9. The summed E-state index contributed by atoms with van der Waals surface area (Å²) in [5.41, 5.74) is 2.93. The lowest BCUT2D eigenvalue weighted by atomic mass is 10.1. The van der Waals surface area contributed by atoms with Gasteiger partial charge < -0.3 is 10.2 Å². The zero-order valence-electron chi connectivity index (χ0n) is 17.6. The van der Waals surface area contributed by atoms with Crippen LogP contribution < -0.4 is 10.9 Å². The zero-order chi connectivity index (χ0) is 20.3. The Morgan fingerprint density at radius 1 is 1.18 bits per heavy atom. The van der Waals surface area contributed by atoms with E-state index in [4.69, 9.17) is 4.98 Å². The van der Waals surface area contributed by atoms with Crippen molar-refractivity contribution < 1.29 is 0 Å². The molecular weight excluding hydrogens is 370 g/mol. The largest absolute Gasteiger partial charge is 0.354 e. The van der Waals surface area contributed by atoms with Gasteiger partial charge in [-0.1, -0.05) is 27.2 Å². The van der Waals surface area contributed by atoms with Crippen LogP contribution in [0.3, 0.4) is 0 Å². The molecule has 0 radical (unpaired) electrons. The summed E-state index contributed by atoms with van der Waals surface area (Å²) in [5.74, 6) is 0.679. The molecule has 0 aliphatic heterocycles. The lowest BCUT2D eigenvalue weighted by molar-refractivity contribution is 0.315. The highest BCUT2D eigenvalue weighted by molar-refractivity contribution is 7.25. The number of likely N-dealkylation sites (N-methyl/N-ethyl adjacent to an activating group) is 1. The van der Waals surface area contributed by atoms with Crippen molar-refractivity contribution in [2.75, 3.05) is 31.5 Å². The zero-order valence-corrected chi connectivity index (χ0v) is 18.4. The summed E-state index contributed by atoms with van der Waals surface area (Å²) in [5, 5.41) is 4.45. The van der Waals surface area contributed by atoms with Crippen LogP contribution >= 0.6 is 11.3 Å². The number of hydrogen-bond acceptors (Lipinski definition) is 6. The Balaban J connectivity index is 2.08. The maximum atomic E-state index is 13.3. The molecule has 0 unspecified atom stereocenters. The van der Waals surface area contributed by atoms with Crippen LogP contribution in [-0.2, 0) is 6.54 Å². The quantitative estimate of drug-likeness (QED) is 0.583. The van der Waals surface area contributed by atoms with E-state index in [-0.39, 0.29) is 5.56 Å². The smallest absolute Gasteiger partial charge is 0.272 e.